The quantitative estimate of drug-likeness (QED) is 0.186. The molecule has 2 aliphatic heterocycles. The number of carbonyl (C=O) groups is 1. The lowest BCUT2D eigenvalue weighted by Crippen LogP contribution is -2.58. The first kappa shape index (κ1) is 26.0. The van der Waals surface area contributed by atoms with Crippen LogP contribution in [0, 0.1) is 11.8 Å². The molecule has 1 saturated carbocycles. The Labute approximate surface area is 201 Å². The van der Waals surface area contributed by atoms with E-state index in [1.807, 2.05) is 0 Å². The first-order valence-corrected chi connectivity index (χ1v) is 11.6. The van der Waals surface area contributed by atoms with Crippen molar-refractivity contribution in [1.29, 1.82) is 0 Å². The zero-order valence-corrected chi connectivity index (χ0v) is 19.1. The SMILES string of the molecule is O=C(Cn1nncc1COCC1C(O)CC1CO)C1=CN=C(CC2OC(CO)C(O)C(O)C2O)C1. The molecule has 4 rings (SSSR count). The maximum Gasteiger partial charge on any atom is 0.182 e. The van der Waals surface area contributed by atoms with Crippen molar-refractivity contribution in [3.8, 4) is 0 Å². The molecule has 0 spiro atoms. The van der Waals surface area contributed by atoms with Crippen LogP contribution >= 0.6 is 0 Å². The Morgan fingerprint density at radius 2 is 1.89 bits per heavy atom. The minimum atomic E-state index is -1.46. The smallest absolute Gasteiger partial charge is 0.182 e. The second kappa shape index (κ2) is 11.3. The van der Waals surface area contributed by atoms with E-state index in [9.17, 15) is 35.4 Å². The van der Waals surface area contributed by atoms with Crippen LogP contribution in [-0.4, -0.2) is 114 Å². The Morgan fingerprint density at radius 3 is 2.60 bits per heavy atom. The van der Waals surface area contributed by atoms with Crippen molar-refractivity contribution in [3.63, 3.8) is 0 Å². The van der Waals surface area contributed by atoms with E-state index >= 15 is 0 Å². The molecule has 1 saturated heterocycles. The van der Waals surface area contributed by atoms with Gasteiger partial charge in [0.25, 0.3) is 0 Å². The van der Waals surface area contributed by atoms with E-state index in [1.54, 1.807) is 0 Å². The number of aliphatic hydroxyl groups is 6. The molecule has 13 heteroatoms. The largest absolute Gasteiger partial charge is 0.396 e. The number of ether oxygens (including phenoxy) is 2. The van der Waals surface area contributed by atoms with E-state index in [-0.39, 0.29) is 56.8 Å². The molecule has 35 heavy (non-hydrogen) atoms. The van der Waals surface area contributed by atoms with Crippen LogP contribution in [0.5, 0.6) is 0 Å². The van der Waals surface area contributed by atoms with Crippen LogP contribution in [0.25, 0.3) is 0 Å². The lowest BCUT2D eigenvalue weighted by molar-refractivity contribution is -0.227. The van der Waals surface area contributed by atoms with Gasteiger partial charge < -0.3 is 40.1 Å². The zero-order chi connectivity index (χ0) is 25.1. The van der Waals surface area contributed by atoms with E-state index in [0.717, 1.165) is 0 Å². The summed E-state index contributed by atoms with van der Waals surface area (Å²) in [5.74, 6) is -0.311. The third-order valence-electron chi connectivity index (χ3n) is 7.01. The van der Waals surface area contributed by atoms with E-state index in [2.05, 4.69) is 15.3 Å². The number of carbonyl (C=O) groups excluding carboxylic acids is 1. The Kier molecular flexibility index (Phi) is 8.39. The van der Waals surface area contributed by atoms with Gasteiger partial charge in [0.1, 0.15) is 31.0 Å². The van der Waals surface area contributed by atoms with Gasteiger partial charge in [0.15, 0.2) is 5.78 Å². The monoisotopic (exact) mass is 496 g/mol. The van der Waals surface area contributed by atoms with Gasteiger partial charge >= 0.3 is 0 Å². The van der Waals surface area contributed by atoms with Crippen molar-refractivity contribution in [3.05, 3.63) is 23.7 Å². The number of aliphatic hydroxyl groups excluding tert-OH is 6. The summed E-state index contributed by atoms with van der Waals surface area (Å²) in [6.07, 6.45) is -2.75. The molecule has 6 N–H and O–H groups in total. The van der Waals surface area contributed by atoms with Crippen molar-refractivity contribution in [2.45, 2.75) is 69.0 Å². The van der Waals surface area contributed by atoms with Gasteiger partial charge in [-0.15, -0.1) is 5.10 Å². The van der Waals surface area contributed by atoms with Crippen molar-refractivity contribution >= 4 is 11.5 Å². The fourth-order valence-electron chi connectivity index (χ4n) is 4.65. The molecular formula is C22H32N4O9. The van der Waals surface area contributed by atoms with Gasteiger partial charge in [-0.3, -0.25) is 9.79 Å². The van der Waals surface area contributed by atoms with Gasteiger partial charge in [-0.1, -0.05) is 5.21 Å². The highest BCUT2D eigenvalue weighted by Crippen LogP contribution is 2.34. The molecule has 13 nitrogen and oxygen atoms in total. The molecule has 0 amide bonds. The summed E-state index contributed by atoms with van der Waals surface area (Å²) in [4.78, 5) is 17.0. The maximum absolute atomic E-state index is 12.8. The molecule has 3 heterocycles. The highest BCUT2D eigenvalue weighted by atomic mass is 16.5. The van der Waals surface area contributed by atoms with Crippen LogP contribution in [0.4, 0.5) is 0 Å². The second-order valence-corrected chi connectivity index (χ2v) is 9.33. The van der Waals surface area contributed by atoms with Crippen molar-refractivity contribution in [2.75, 3.05) is 19.8 Å². The fraction of sp³-hybridized carbons (Fsp3) is 0.727. The molecule has 0 aromatic carbocycles. The summed E-state index contributed by atoms with van der Waals surface area (Å²) in [5.41, 5.74) is 1.60. The van der Waals surface area contributed by atoms with Gasteiger partial charge in [0, 0.05) is 42.9 Å². The predicted octanol–water partition coefficient (Wildman–Crippen LogP) is -2.69. The Morgan fingerprint density at radius 1 is 1.11 bits per heavy atom. The first-order valence-electron chi connectivity index (χ1n) is 11.6. The van der Waals surface area contributed by atoms with Crippen LogP contribution in [0.3, 0.4) is 0 Å². The third kappa shape index (κ3) is 5.67. The lowest BCUT2D eigenvalue weighted by Gasteiger charge is -2.40. The summed E-state index contributed by atoms with van der Waals surface area (Å²) < 4.78 is 12.6. The van der Waals surface area contributed by atoms with Gasteiger partial charge in [-0.05, 0) is 12.3 Å². The molecule has 0 bridgehead atoms. The van der Waals surface area contributed by atoms with Crippen molar-refractivity contribution in [2.24, 2.45) is 16.8 Å². The minimum absolute atomic E-state index is 0.00856. The number of nitrogens with zero attached hydrogens (tertiary/aromatic N) is 4. The average molecular weight is 497 g/mol. The first-order chi connectivity index (χ1) is 16.8. The molecule has 1 aromatic rings. The fourth-order valence-corrected chi connectivity index (χ4v) is 4.65. The number of allylic oxidation sites excluding steroid dienone is 1. The lowest BCUT2D eigenvalue weighted by atomic mass is 9.72. The van der Waals surface area contributed by atoms with E-state index < -0.39 is 43.2 Å². The Hall–Kier alpha value is -2.10. The molecule has 1 aliphatic carbocycles. The van der Waals surface area contributed by atoms with Crippen molar-refractivity contribution in [1.82, 2.24) is 15.0 Å². The Balaban J connectivity index is 1.25. The minimum Gasteiger partial charge on any atom is -0.396 e. The topological polar surface area (TPSA) is 200 Å². The Bertz CT molecular complexity index is 949. The van der Waals surface area contributed by atoms with E-state index in [4.69, 9.17) is 9.47 Å². The molecule has 0 radical (unpaired) electrons. The maximum atomic E-state index is 12.8. The number of hydrogen-bond acceptors (Lipinski definition) is 12. The van der Waals surface area contributed by atoms with E-state index in [0.29, 0.717) is 23.4 Å². The number of aliphatic imine (C=N–C) groups is 1. The molecule has 8 atom stereocenters. The summed E-state index contributed by atoms with van der Waals surface area (Å²) >= 11 is 0. The van der Waals surface area contributed by atoms with E-state index in [1.165, 1.54) is 17.1 Å². The summed E-state index contributed by atoms with van der Waals surface area (Å²) in [5, 5.41) is 66.3. The average Bonchev–Trinajstić information content (AvgIpc) is 3.50. The number of ketones is 1. The third-order valence-corrected chi connectivity index (χ3v) is 7.01. The number of rotatable bonds is 11. The van der Waals surface area contributed by atoms with Crippen LogP contribution in [0.1, 0.15) is 25.0 Å². The molecule has 2 fully saturated rings. The summed E-state index contributed by atoms with van der Waals surface area (Å²) in [7, 11) is 0. The summed E-state index contributed by atoms with van der Waals surface area (Å²) in [6, 6.07) is 0. The second-order valence-electron chi connectivity index (χ2n) is 9.33. The highest BCUT2D eigenvalue weighted by Gasteiger charge is 2.44. The zero-order valence-electron chi connectivity index (χ0n) is 19.1. The van der Waals surface area contributed by atoms with Crippen LogP contribution < -0.4 is 0 Å². The number of aromatic nitrogens is 3. The molecule has 1 aromatic heterocycles. The predicted molar refractivity (Wildman–Crippen MR) is 118 cm³/mol. The van der Waals surface area contributed by atoms with Crippen LogP contribution in [0.15, 0.2) is 23.0 Å². The molecular weight excluding hydrogens is 464 g/mol. The summed E-state index contributed by atoms with van der Waals surface area (Å²) in [6.45, 7) is -0.137. The van der Waals surface area contributed by atoms with Crippen molar-refractivity contribution < 1.29 is 44.9 Å². The van der Waals surface area contributed by atoms with Gasteiger partial charge in [0.2, 0.25) is 0 Å². The standard InChI is InChI=1S/C22H32N4O9/c27-7-12-2-16(29)15(12)10-34-9-14-5-24-25-26(14)6-17(30)11-1-13(23-4-11)3-18-20(31)22(33)21(32)19(8-28)35-18/h4-5,12,15-16,18-22,27-29,31-33H,1-3,6-10H2. The normalized spacial score (nSPS) is 34.9. The number of Topliss-reactive ketones (excluding diaryl/α,β-unsaturated/α-hetero) is 1. The highest BCUT2D eigenvalue weighted by molar-refractivity contribution is 6.04. The van der Waals surface area contributed by atoms with Crippen LogP contribution in [-0.2, 0) is 27.4 Å². The van der Waals surface area contributed by atoms with Gasteiger partial charge in [0.05, 0.1) is 43.9 Å². The molecule has 3 aliphatic rings. The van der Waals surface area contributed by atoms with Gasteiger partial charge in [-0.2, -0.15) is 0 Å². The van der Waals surface area contributed by atoms with Crippen LogP contribution in [0.2, 0.25) is 0 Å². The van der Waals surface area contributed by atoms with Gasteiger partial charge in [-0.25, -0.2) is 4.68 Å². The molecule has 8 unspecified atom stereocenters. The number of hydrogen-bond donors (Lipinski definition) is 6. The molecule has 194 valence electrons.